The molecular weight excluding hydrogens is 394 g/mol. The lowest BCUT2D eigenvalue weighted by Gasteiger charge is -2.13. The summed E-state index contributed by atoms with van der Waals surface area (Å²) in [5.41, 5.74) is 2.99. The molecule has 0 unspecified atom stereocenters. The molecule has 5 rings (SSSR count). The van der Waals surface area contributed by atoms with Gasteiger partial charge >= 0.3 is 0 Å². The molecule has 1 N–H and O–H groups in total. The van der Waals surface area contributed by atoms with Gasteiger partial charge in [-0.15, -0.1) is 10.2 Å². The number of anilines is 1. The van der Waals surface area contributed by atoms with Crippen molar-refractivity contribution in [1.29, 1.82) is 0 Å². The van der Waals surface area contributed by atoms with Crippen LogP contribution in [0.2, 0.25) is 0 Å². The Bertz CT molecular complexity index is 1410. The molecule has 31 heavy (non-hydrogen) atoms. The minimum Gasteiger partial charge on any atom is -0.496 e. The molecule has 2 aromatic heterocycles. The van der Waals surface area contributed by atoms with Crippen LogP contribution in [0.4, 0.5) is 5.69 Å². The van der Waals surface area contributed by atoms with Crippen molar-refractivity contribution in [2.45, 2.75) is 0 Å². The molecule has 0 aliphatic carbocycles. The Labute approximate surface area is 177 Å². The summed E-state index contributed by atoms with van der Waals surface area (Å²) in [7, 11) is 1.53. The summed E-state index contributed by atoms with van der Waals surface area (Å²) in [5.74, 6) is 0.890. The molecule has 2 heterocycles. The van der Waals surface area contributed by atoms with E-state index in [1.54, 1.807) is 36.7 Å². The molecule has 0 aliphatic heterocycles. The first kappa shape index (κ1) is 18.6. The molecule has 5 aromatic rings. The molecule has 0 radical (unpaired) electrons. The number of carbonyl (C=O) groups excluding carboxylic acids is 1. The van der Waals surface area contributed by atoms with Crippen LogP contribution in [0.5, 0.6) is 17.4 Å². The van der Waals surface area contributed by atoms with E-state index in [1.807, 2.05) is 46.9 Å². The van der Waals surface area contributed by atoms with E-state index in [2.05, 4.69) is 20.5 Å². The van der Waals surface area contributed by atoms with Gasteiger partial charge in [0.05, 0.1) is 29.4 Å². The number of para-hydroxylation sites is 5. The molecule has 0 saturated heterocycles. The monoisotopic (exact) mass is 411 g/mol. The van der Waals surface area contributed by atoms with Gasteiger partial charge in [-0.1, -0.05) is 36.4 Å². The van der Waals surface area contributed by atoms with E-state index in [1.165, 1.54) is 7.11 Å². The summed E-state index contributed by atoms with van der Waals surface area (Å²) < 4.78 is 13.2. The topological polar surface area (TPSA) is 90.6 Å². The van der Waals surface area contributed by atoms with Gasteiger partial charge in [0, 0.05) is 0 Å². The third-order valence-electron chi connectivity index (χ3n) is 4.80. The summed E-state index contributed by atoms with van der Waals surface area (Å²) in [4.78, 5) is 17.5. The lowest BCUT2D eigenvalue weighted by Crippen LogP contribution is -2.13. The van der Waals surface area contributed by atoms with E-state index in [4.69, 9.17) is 9.47 Å². The van der Waals surface area contributed by atoms with Crippen molar-refractivity contribution in [3.8, 4) is 17.4 Å². The lowest BCUT2D eigenvalue weighted by atomic mass is 10.2. The molecule has 0 fully saturated rings. The van der Waals surface area contributed by atoms with Crippen LogP contribution in [0.3, 0.4) is 0 Å². The second-order valence-electron chi connectivity index (χ2n) is 6.68. The van der Waals surface area contributed by atoms with Crippen LogP contribution in [-0.4, -0.2) is 32.6 Å². The third kappa shape index (κ3) is 3.40. The number of nitrogens with one attached hydrogen (secondary N) is 1. The molecule has 0 atom stereocenters. The van der Waals surface area contributed by atoms with Gasteiger partial charge in [-0.3, -0.25) is 9.20 Å². The predicted molar refractivity (Wildman–Crippen MR) is 116 cm³/mol. The minimum absolute atomic E-state index is 0.287. The zero-order valence-electron chi connectivity index (χ0n) is 16.5. The molecule has 8 nitrogen and oxygen atoms in total. The van der Waals surface area contributed by atoms with E-state index in [0.717, 1.165) is 11.0 Å². The number of benzene rings is 3. The van der Waals surface area contributed by atoms with Crippen molar-refractivity contribution in [1.82, 2.24) is 19.6 Å². The van der Waals surface area contributed by atoms with Crippen LogP contribution in [-0.2, 0) is 0 Å². The Morgan fingerprint density at radius 3 is 2.55 bits per heavy atom. The van der Waals surface area contributed by atoms with Crippen molar-refractivity contribution in [3.05, 3.63) is 84.7 Å². The van der Waals surface area contributed by atoms with Crippen molar-refractivity contribution >= 4 is 28.3 Å². The van der Waals surface area contributed by atoms with Gasteiger partial charge in [0.2, 0.25) is 5.65 Å². The maximum atomic E-state index is 12.9. The summed E-state index contributed by atoms with van der Waals surface area (Å²) in [5, 5.41) is 11.0. The fourth-order valence-corrected chi connectivity index (χ4v) is 3.33. The Morgan fingerprint density at radius 1 is 0.935 bits per heavy atom. The van der Waals surface area contributed by atoms with E-state index >= 15 is 0 Å². The first-order valence-electron chi connectivity index (χ1n) is 9.54. The zero-order valence-corrected chi connectivity index (χ0v) is 16.5. The number of hydrogen-bond acceptors (Lipinski definition) is 6. The molecular formula is C23H17N5O3. The highest BCUT2D eigenvalue weighted by Crippen LogP contribution is 2.32. The predicted octanol–water partition coefficient (Wildman–Crippen LogP) is 4.33. The van der Waals surface area contributed by atoms with Crippen LogP contribution in [0.25, 0.3) is 16.7 Å². The largest absolute Gasteiger partial charge is 0.496 e. The third-order valence-corrected chi connectivity index (χ3v) is 4.80. The van der Waals surface area contributed by atoms with Gasteiger partial charge in [-0.25, -0.2) is 4.98 Å². The Hall–Kier alpha value is -4.46. The molecule has 1 amide bonds. The lowest BCUT2D eigenvalue weighted by molar-refractivity contribution is 0.102. The highest BCUT2D eigenvalue weighted by molar-refractivity contribution is 6.06. The highest BCUT2D eigenvalue weighted by Gasteiger charge is 2.17. The van der Waals surface area contributed by atoms with Gasteiger partial charge in [0.15, 0.2) is 5.75 Å². The standard InChI is InChI=1S/C23H17N5O3/c1-30-19-12-6-2-8-15(19)22(29)25-17-10-4-7-13-20(17)31-23-21-27-24-14-28(21)18-11-5-3-9-16(18)26-23/h2-14H,1H3,(H,25,29). The SMILES string of the molecule is COc1ccccc1C(=O)Nc1ccccc1Oc1nc2ccccc2n2cnnc12. The summed E-state index contributed by atoms with van der Waals surface area (Å²) in [6.45, 7) is 0. The normalized spacial score (nSPS) is 10.9. The van der Waals surface area contributed by atoms with E-state index in [0.29, 0.717) is 28.4 Å². The molecule has 3 aromatic carbocycles. The number of hydrogen-bond donors (Lipinski definition) is 1. The number of nitrogens with zero attached hydrogens (tertiary/aromatic N) is 4. The second kappa shape index (κ2) is 7.75. The number of amides is 1. The number of fused-ring (bicyclic) bond motifs is 3. The number of aromatic nitrogens is 4. The summed E-state index contributed by atoms with van der Waals surface area (Å²) in [6, 6.07) is 21.8. The molecule has 0 spiro atoms. The Balaban J connectivity index is 1.52. The van der Waals surface area contributed by atoms with Crippen molar-refractivity contribution in [2.24, 2.45) is 0 Å². The molecule has 8 heteroatoms. The first-order chi connectivity index (χ1) is 15.2. The highest BCUT2D eigenvalue weighted by atomic mass is 16.5. The van der Waals surface area contributed by atoms with Gasteiger partial charge < -0.3 is 14.8 Å². The van der Waals surface area contributed by atoms with Crippen LogP contribution < -0.4 is 14.8 Å². The van der Waals surface area contributed by atoms with E-state index in [-0.39, 0.29) is 11.8 Å². The number of rotatable bonds is 5. The fourth-order valence-electron chi connectivity index (χ4n) is 3.33. The fraction of sp³-hybridized carbons (Fsp3) is 0.0435. The number of ether oxygens (including phenoxy) is 2. The number of carbonyl (C=O) groups is 1. The average molecular weight is 411 g/mol. The molecule has 0 saturated carbocycles. The smallest absolute Gasteiger partial charge is 0.266 e. The van der Waals surface area contributed by atoms with Crippen molar-refractivity contribution in [3.63, 3.8) is 0 Å². The summed E-state index contributed by atoms with van der Waals surface area (Å²) in [6.07, 6.45) is 1.61. The first-order valence-corrected chi connectivity index (χ1v) is 9.54. The molecule has 152 valence electrons. The van der Waals surface area contributed by atoms with Gasteiger partial charge in [0.25, 0.3) is 11.8 Å². The second-order valence-corrected chi connectivity index (χ2v) is 6.68. The minimum atomic E-state index is -0.312. The Morgan fingerprint density at radius 2 is 1.68 bits per heavy atom. The molecule has 0 aliphatic rings. The Kier molecular flexibility index (Phi) is 4.64. The van der Waals surface area contributed by atoms with Gasteiger partial charge in [-0.05, 0) is 36.4 Å². The van der Waals surface area contributed by atoms with Crippen LogP contribution in [0.15, 0.2) is 79.1 Å². The van der Waals surface area contributed by atoms with Crippen LogP contribution >= 0.6 is 0 Å². The average Bonchev–Trinajstić information content (AvgIpc) is 3.31. The number of methoxy groups -OCH3 is 1. The van der Waals surface area contributed by atoms with Crippen LogP contribution in [0, 0.1) is 0 Å². The van der Waals surface area contributed by atoms with E-state index in [9.17, 15) is 4.79 Å². The van der Waals surface area contributed by atoms with Crippen molar-refractivity contribution < 1.29 is 14.3 Å². The van der Waals surface area contributed by atoms with Crippen LogP contribution in [0.1, 0.15) is 10.4 Å². The molecule has 0 bridgehead atoms. The maximum Gasteiger partial charge on any atom is 0.266 e. The van der Waals surface area contributed by atoms with E-state index < -0.39 is 0 Å². The van der Waals surface area contributed by atoms with Gasteiger partial charge in [0.1, 0.15) is 12.1 Å². The summed E-state index contributed by atoms with van der Waals surface area (Å²) >= 11 is 0. The van der Waals surface area contributed by atoms with Crippen molar-refractivity contribution in [2.75, 3.05) is 12.4 Å². The maximum absolute atomic E-state index is 12.9. The van der Waals surface area contributed by atoms with Gasteiger partial charge in [-0.2, -0.15) is 0 Å². The quantitative estimate of drug-likeness (QED) is 0.463. The zero-order chi connectivity index (χ0) is 21.2.